The van der Waals surface area contributed by atoms with Crippen LogP contribution >= 0.6 is 11.3 Å². The summed E-state index contributed by atoms with van der Waals surface area (Å²) in [6.45, 7) is 6.80. The highest BCUT2D eigenvalue weighted by atomic mass is 32.1. The van der Waals surface area contributed by atoms with Crippen LogP contribution in [-0.2, 0) is 13.1 Å². The van der Waals surface area contributed by atoms with Crippen LogP contribution < -0.4 is 10.1 Å². The molecule has 3 heteroatoms. The number of rotatable bonds is 7. The minimum atomic E-state index is 0.522. The molecule has 0 amide bonds. The standard InChI is InChI=1S/C20H23NOS/c1-15(2)14-22-20-10-9-16-6-3-4-8-18(16)19(20)13-21-12-17-7-5-11-23-17/h3-11,15,21H,12-14H2,1-2H3. The molecule has 1 heterocycles. The van der Waals surface area contributed by atoms with E-state index in [-0.39, 0.29) is 0 Å². The van der Waals surface area contributed by atoms with Crippen LogP contribution in [0.2, 0.25) is 0 Å². The minimum Gasteiger partial charge on any atom is -0.493 e. The Morgan fingerprint density at radius 3 is 2.65 bits per heavy atom. The first-order chi connectivity index (χ1) is 11.2. The molecule has 3 rings (SSSR count). The van der Waals surface area contributed by atoms with Crippen molar-refractivity contribution in [1.82, 2.24) is 5.32 Å². The van der Waals surface area contributed by atoms with Gasteiger partial charge in [-0.15, -0.1) is 11.3 Å². The molecule has 0 spiro atoms. The van der Waals surface area contributed by atoms with E-state index in [0.29, 0.717) is 5.92 Å². The van der Waals surface area contributed by atoms with Crippen LogP contribution in [0.1, 0.15) is 24.3 Å². The molecule has 0 radical (unpaired) electrons. The lowest BCUT2D eigenvalue weighted by Gasteiger charge is -2.16. The van der Waals surface area contributed by atoms with Gasteiger partial charge in [0.25, 0.3) is 0 Å². The Morgan fingerprint density at radius 1 is 1.00 bits per heavy atom. The molecule has 0 fully saturated rings. The van der Waals surface area contributed by atoms with E-state index >= 15 is 0 Å². The summed E-state index contributed by atoms with van der Waals surface area (Å²) in [5.74, 6) is 1.52. The number of fused-ring (bicyclic) bond motifs is 1. The Morgan fingerprint density at radius 2 is 1.87 bits per heavy atom. The summed E-state index contributed by atoms with van der Waals surface area (Å²) in [7, 11) is 0. The number of nitrogens with one attached hydrogen (secondary N) is 1. The molecule has 120 valence electrons. The third-order valence-corrected chi connectivity index (χ3v) is 4.63. The first-order valence-corrected chi connectivity index (χ1v) is 8.98. The van der Waals surface area contributed by atoms with E-state index in [4.69, 9.17) is 4.74 Å². The molecule has 23 heavy (non-hydrogen) atoms. The zero-order valence-corrected chi connectivity index (χ0v) is 14.5. The highest BCUT2D eigenvalue weighted by molar-refractivity contribution is 7.09. The monoisotopic (exact) mass is 325 g/mol. The summed E-state index contributed by atoms with van der Waals surface area (Å²) in [4.78, 5) is 1.36. The molecular weight excluding hydrogens is 302 g/mol. The lowest BCUT2D eigenvalue weighted by Crippen LogP contribution is -2.14. The van der Waals surface area contributed by atoms with E-state index in [0.717, 1.165) is 25.4 Å². The van der Waals surface area contributed by atoms with Gasteiger partial charge in [-0.1, -0.05) is 50.2 Å². The van der Waals surface area contributed by atoms with Crippen LogP contribution in [0.25, 0.3) is 10.8 Å². The highest BCUT2D eigenvalue weighted by Crippen LogP contribution is 2.28. The highest BCUT2D eigenvalue weighted by Gasteiger charge is 2.09. The lowest BCUT2D eigenvalue weighted by atomic mass is 10.0. The van der Waals surface area contributed by atoms with Crippen molar-refractivity contribution in [2.75, 3.05) is 6.61 Å². The molecule has 0 saturated carbocycles. The van der Waals surface area contributed by atoms with Gasteiger partial charge in [-0.05, 0) is 34.2 Å². The fourth-order valence-corrected chi connectivity index (χ4v) is 3.29. The van der Waals surface area contributed by atoms with Crippen molar-refractivity contribution >= 4 is 22.1 Å². The normalized spacial score (nSPS) is 11.3. The van der Waals surface area contributed by atoms with Crippen molar-refractivity contribution in [3.05, 3.63) is 64.4 Å². The van der Waals surface area contributed by atoms with Crippen LogP contribution in [0.4, 0.5) is 0 Å². The summed E-state index contributed by atoms with van der Waals surface area (Å²) >= 11 is 1.79. The molecule has 0 saturated heterocycles. The molecule has 0 atom stereocenters. The number of hydrogen-bond acceptors (Lipinski definition) is 3. The number of thiophene rings is 1. The van der Waals surface area contributed by atoms with Gasteiger partial charge in [0.05, 0.1) is 6.61 Å². The summed E-state index contributed by atoms with van der Waals surface area (Å²) in [5.41, 5.74) is 1.25. The Hall–Kier alpha value is -1.84. The van der Waals surface area contributed by atoms with Crippen LogP contribution in [0.15, 0.2) is 53.9 Å². The second kappa shape index (κ2) is 7.62. The Bertz CT molecular complexity index is 749. The maximum absolute atomic E-state index is 6.06. The number of hydrogen-bond donors (Lipinski definition) is 1. The van der Waals surface area contributed by atoms with E-state index < -0.39 is 0 Å². The molecule has 0 aliphatic rings. The van der Waals surface area contributed by atoms with Gasteiger partial charge < -0.3 is 10.1 Å². The third-order valence-electron chi connectivity index (χ3n) is 3.75. The van der Waals surface area contributed by atoms with Gasteiger partial charge in [-0.3, -0.25) is 0 Å². The van der Waals surface area contributed by atoms with Crippen molar-refractivity contribution in [1.29, 1.82) is 0 Å². The van der Waals surface area contributed by atoms with Crippen molar-refractivity contribution in [2.45, 2.75) is 26.9 Å². The van der Waals surface area contributed by atoms with Crippen LogP contribution in [0.3, 0.4) is 0 Å². The van der Waals surface area contributed by atoms with Crippen LogP contribution in [-0.4, -0.2) is 6.61 Å². The van der Waals surface area contributed by atoms with Gasteiger partial charge in [-0.2, -0.15) is 0 Å². The van der Waals surface area contributed by atoms with Crippen molar-refractivity contribution < 1.29 is 4.74 Å². The van der Waals surface area contributed by atoms with Crippen molar-refractivity contribution in [2.24, 2.45) is 5.92 Å². The van der Waals surface area contributed by atoms with E-state index in [1.807, 2.05) is 0 Å². The third kappa shape index (κ3) is 4.12. The molecular formula is C20H23NOS. The molecule has 1 aromatic heterocycles. The number of benzene rings is 2. The molecule has 3 aromatic rings. The predicted octanol–water partition coefficient (Wildman–Crippen LogP) is 5.23. The average Bonchev–Trinajstić information content (AvgIpc) is 3.07. The molecule has 1 N–H and O–H groups in total. The molecule has 2 aromatic carbocycles. The first-order valence-electron chi connectivity index (χ1n) is 8.10. The van der Waals surface area contributed by atoms with Crippen LogP contribution in [0.5, 0.6) is 5.75 Å². The average molecular weight is 325 g/mol. The van der Waals surface area contributed by atoms with Gasteiger partial charge in [-0.25, -0.2) is 0 Å². The largest absolute Gasteiger partial charge is 0.493 e. The van der Waals surface area contributed by atoms with E-state index in [1.54, 1.807) is 11.3 Å². The second-order valence-electron chi connectivity index (χ2n) is 6.15. The summed E-state index contributed by atoms with van der Waals surface area (Å²) in [6.07, 6.45) is 0. The van der Waals surface area contributed by atoms with E-state index in [9.17, 15) is 0 Å². The minimum absolute atomic E-state index is 0.522. The van der Waals surface area contributed by atoms with Gasteiger partial charge in [0.15, 0.2) is 0 Å². The first kappa shape index (κ1) is 16.0. The quantitative estimate of drug-likeness (QED) is 0.642. The Labute approximate surface area is 142 Å². The fraction of sp³-hybridized carbons (Fsp3) is 0.300. The smallest absolute Gasteiger partial charge is 0.124 e. The van der Waals surface area contributed by atoms with Gasteiger partial charge >= 0.3 is 0 Å². The summed E-state index contributed by atoms with van der Waals surface area (Å²) in [6, 6.07) is 17.0. The lowest BCUT2D eigenvalue weighted by molar-refractivity contribution is 0.268. The summed E-state index contributed by atoms with van der Waals surface area (Å²) in [5, 5.41) is 8.20. The van der Waals surface area contributed by atoms with Gasteiger partial charge in [0.2, 0.25) is 0 Å². The molecule has 0 aliphatic carbocycles. The molecule has 0 bridgehead atoms. The summed E-state index contributed by atoms with van der Waals surface area (Å²) < 4.78 is 6.06. The van der Waals surface area contributed by atoms with Crippen LogP contribution in [0, 0.1) is 5.92 Å². The predicted molar refractivity (Wildman–Crippen MR) is 99.1 cm³/mol. The van der Waals surface area contributed by atoms with Crippen molar-refractivity contribution in [3.8, 4) is 5.75 Å². The zero-order valence-electron chi connectivity index (χ0n) is 13.7. The SMILES string of the molecule is CC(C)COc1ccc2ccccc2c1CNCc1cccs1. The van der Waals surface area contributed by atoms with E-state index in [1.165, 1.54) is 21.2 Å². The molecule has 0 aliphatic heterocycles. The van der Waals surface area contributed by atoms with Crippen molar-refractivity contribution in [3.63, 3.8) is 0 Å². The van der Waals surface area contributed by atoms with Gasteiger partial charge in [0, 0.05) is 23.5 Å². The Kier molecular flexibility index (Phi) is 5.31. The molecule has 2 nitrogen and oxygen atoms in total. The maximum atomic E-state index is 6.06. The fourth-order valence-electron chi connectivity index (χ4n) is 2.61. The molecule has 0 unspecified atom stereocenters. The maximum Gasteiger partial charge on any atom is 0.124 e. The van der Waals surface area contributed by atoms with Gasteiger partial charge in [0.1, 0.15) is 5.75 Å². The topological polar surface area (TPSA) is 21.3 Å². The second-order valence-corrected chi connectivity index (χ2v) is 7.18. The Balaban J connectivity index is 1.82. The van der Waals surface area contributed by atoms with E-state index in [2.05, 4.69) is 73.1 Å². The zero-order chi connectivity index (χ0) is 16.1. The number of ether oxygens (including phenoxy) is 1.